The quantitative estimate of drug-likeness (QED) is 0.297. The molecule has 0 aromatic carbocycles. The first-order valence-corrected chi connectivity index (χ1v) is 11.5. The largest absolute Gasteiger partial charge is 0.470 e. The number of halogens is 5. The highest BCUT2D eigenvalue weighted by Crippen LogP contribution is 2.47. The highest BCUT2D eigenvalue weighted by atomic mass is 79.9. The van der Waals surface area contributed by atoms with Crippen molar-refractivity contribution in [3.63, 3.8) is 0 Å². The molecule has 0 bridgehead atoms. The fourth-order valence-corrected chi connectivity index (χ4v) is 4.48. The van der Waals surface area contributed by atoms with Crippen molar-refractivity contribution in [3.05, 3.63) is 0 Å². The zero-order chi connectivity index (χ0) is 15.1. The number of hydrogen-bond donors (Lipinski definition) is 2. The molecule has 0 amide bonds. The van der Waals surface area contributed by atoms with Crippen LogP contribution < -0.4 is 0 Å². The van der Waals surface area contributed by atoms with E-state index in [4.69, 9.17) is 25.9 Å². The number of alkyl halides is 5. The highest BCUT2D eigenvalue weighted by Gasteiger charge is 2.40. The van der Waals surface area contributed by atoms with E-state index in [2.05, 4.69) is 63.7 Å². The second-order valence-electron chi connectivity index (χ2n) is 4.12. The summed E-state index contributed by atoms with van der Waals surface area (Å²) < 4.78 is 16.3. The van der Waals surface area contributed by atoms with Gasteiger partial charge in [-0.2, -0.15) is 0 Å². The van der Waals surface area contributed by atoms with E-state index in [0.29, 0.717) is 29.9 Å². The molecule has 2 unspecified atom stereocenters. The molecule has 0 aliphatic heterocycles. The molecule has 0 saturated heterocycles. The first-order chi connectivity index (χ1) is 8.68. The van der Waals surface area contributed by atoms with Crippen LogP contribution in [0.1, 0.15) is 19.3 Å². The Morgan fingerprint density at radius 2 is 1.58 bits per heavy atom. The van der Waals surface area contributed by atoms with Gasteiger partial charge in [0.2, 0.25) is 0 Å². The summed E-state index contributed by atoms with van der Waals surface area (Å²) in [5.41, 5.74) is -0.968. The summed E-state index contributed by atoms with van der Waals surface area (Å²) in [6, 6.07) is 0. The van der Waals surface area contributed by atoms with Crippen LogP contribution in [-0.2, 0) is 9.09 Å². The third kappa shape index (κ3) is 9.84. The van der Waals surface area contributed by atoms with Gasteiger partial charge in [0.15, 0.2) is 0 Å². The smallest absolute Gasteiger partial charge is 0.303 e. The van der Waals surface area contributed by atoms with Gasteiger partial charge in [0.1, 0.15) is 0 Å². The van der Waals surface area contributed by atoms with Gasteiger partial charge >= 0.3 is 7.82 Å². The number of rotatable bonds is 10. The molecule has 116 valence electrons. The molecule has 0 aliphatic rings. The Bertz CT molecular complexity index is 292. The molecule has 2 atom stereocenters. The predicted octanol–water partition coefficient (Wildman–Crippen LogP) is 4.56. The van der Waals surface area contributed by atoms with E-state index in [1.165, 1.54) is 0 Å². The Hall–Kier alpha value is 2.32. The van der Waals surface area contributed by atoms with Gasteiger partial charge < -0.3 is 9.79 Å². The van der Waals surface area contributed by atoms with Gasteiger partial charge in [0.25, 0.3) is 0 Å². The molecule has 0 spiro atoms. The first-order valence-electron chi connectivity index (χ1n) is 5.40. The molecule has 0 fully saturated rings. The normalized spacial score (nSPS) is 18.9. The van der Waals surface area contributed by atoms with E-state index in [-0.39, 0.29) is 15.5 Å². The van der Waals surface area contributed by atoms with Crippen molar-refractivity contribution in [3.8, 4) is 0 Å². The fourth-order valence-electron chi connectivity index (χ4n) is 1.75. The van der Waals surface area contributed by atoms with Gasteiger partial charge in [-0.15, -0.1) is 11.6 Å². The maximum absolute atomic E-state index is 11.2. The summed E-state index contributed by atoms with van der Waals surface area (Å²) in [4.78, 5) is 18.4. The lowest BCUT2D eigenvalue weighted by Gasteiger charge is -2.36. The molecule has 0 radical (unpaired) electrons. The monoisotopic (exact) mass is 570 g/mol. The summed E-state index contributed by atoms with van der Waals surface area (Å²) in [5, 5.41) is 1.31. The Morgan fingerprint density at radius 1 is 1.16 bits per heavy atom. The molecular formula is C9H16Br4ClO4P. The molecule has 0 aromatic heterocycles. The Kier molecular flexibility index (Phi) is 11.4. The zero-order valence-corrected chi connectivity index (χ0v) is 17.9. The maximum Gasteiger partial charge on any atom is 0.470 e. The van der Waals surface area contributed by atoms with Gasteiger partial charge in [-0.1, -0.05) is 63.7 Å². The van der Waals surface area contributed by atoms with Gasteiger partial charge in [-0.05, 0) is 19.3 Å². The molecule has 0 aliphatic carbocycles. The maximum atomic E-state index is 11.2. The van der Waals surface area contributed by atoms with Crippen LogP contribution in [-0.4, -0.2) is 41.6 Å². The molecule has 4 nitrogen and oxygen atoms in total. The summed E-state index contributed by atoms with van der Waals surface area (Å²) in [6.07, 6.45) is 1.26. The van der Waals surface area contributed by atoms with E-state index in [0.717, 1.165) is 0 Å². The van der Waals surface area contributed by atoms with E-state index in [1.54, 1.807) is 0 Å². The van der Waals surface area contributed by atoms with E-state index < -0.39 is 13.4 Å². The number of hydrogen-bond acceptors (Lipinski definition) is 2. The Morgan fingerprint density at radius 3 is 1.84 bits per heavy atom. The summed E-state index contributed by atoms with van der Waals surface area (Å²) >= 11 is 19.3. The third-order valence-electron chi connectivity index (χ3n) is 2.38. The lowest BCUT2D eigenvalue weighted by atomic mass is 9.90. The van der Waals surface area contributed by atoms with Crippen molar-refractivity contribution in [1.82, 2.24) is 0 Å². The average molecular weight is 574 g/mol. The number of phosphoric ester groups is 1. The standard InChI is InChI=1S/C9H16Br4ClO4P/c10-5-7(12)3-9(1-2-14,4-8(13)6-11)18-19(15,16)17/h7-8H,1-6H2,(H2,15,16,17). The SMILES string of the molecule is O=P(O)(O)OC(CCCl)(CC(Br)CBr)CC(Br)CBr. The lowest BCUT2D eigenvalue weighted by molar-refractivity contribution is 0.0187. The Labute approximate surface area is 152 Å². The van der Waals surface area contributed by atoms with Gasteiger partial charge in [0, 0.05) is 26.2 Å². The van der Waals surface area contributed by atoms with Crippen molar-refractivity contribution < 1.29 is 18.9 Å². The van der Waals surface area contributed by atoms with E-state index in [9.17, 15) is 4.57 Å². The van der Waals surface area contributed by atoms with E-state index >= 15 is 0 Å². The molecule has 19 heavy (non-hydrogen) atoms. The van der Waals surface area contributed by atoms with Gasteiger partial charge in [0.05, 0.1) is 5.60 Å². The van der Waals surface area contributed by atoms with Crippen molar-refractivity contribution in [2.75, 3.05) is 16.5 Å². The van der Waals surface area contributed by atoms with Crippen LogP contribution in [0.5, 0.6) is 0 Å². The van der Waals surface area contributed by atoms with Crippen molar-refractivity contribution in [1.29, 1.82) is 0 Å². The van der Waals surface area contributed by atoms with Crippen LogP contribution in [0.4, 0.5) is 0 Å². The van der Waals surface area contributed by atoms with Crippen LogP contribution in [0, 0.1) is 0 Å². The lowest BCUT2D eigenvalue weighted by Crippen LogP contribution is -2.38. The van der Waals surface area contributed by atoms with E-state index in [1.807, 2.05) is 0 Å². The van der Waals surface area contributed by atoms with Gasteiger partial charge in [-0.3, -0.25) is 4.52 Å². The van der Waals surface area contributed by atoms with Gasteiger partial charge in [-0.25, -0.2) is 4.57 Å². The molecule has 0 saturated carbocycles. The molecule has 2 N–H and O–H groups in total. The second-order valence-corrected chi connectivity index (χ2v) is 9.54. The fraction of sp³-hybridized carbons (Fsp3) is 1.00. The van der Waals surface area contributed by atoms with Crippen LogP contribution in [0.15, 0.2) is 0 Å². The topological polar surface area (TPSA) is 66.8 Å². The molecule has 0 rings (SSSR count). The summed E-state index contributed by atoms with van der Waals surface area (Å²) in [5.74, 6) is 0.268. The predicted molar refractivity (Wildman–Crippen MR) is 93.4 cm³/mol. The number of phosphoric acid groups is 1. The minimum atomic E-state index is -4.58. The summed E-state index contributed by atoms with van der Waals surface area (Å²) in [6.45, 7) is 0. The minimum Gasteiger partial charge on any atom is -0.303 e. The average Bonchev–Trinajstić information content (AvgIpc) is 2.26. The molecule has 10 heteroatoms. The molecule has 0 heterocycles. The first kappa shape index (κ1) is 21.3. The molecular weight excluding hydrogens is 558 g/mol. The van der Waals surface area contributed by atoms with Crippen molar-refractivity contribution >= 4 is 83.1 Å². The second kappa shape index (κ2) is 10.2. The third-order valence-corrected chi connectivity index (χ3v) is 7.79. The summed E-state index contributed by atoms with van der Waals surface area (Å²) in [7, 11) is -4.58. The van der Waals surface area contributed by atoms with Crippen LogP contribution in [0.25, 0.3) is 0 Å². The van der Waals surface area contributed by atoms with Crippen molar-refractivity contribution in [2.45, 2.75) is 34.5 Å². The Balaban J connectivity index is 5.14. The van der Waals surface area contributed by atoms with Crippen molar-refractivity contribution in [2.24, 2.45) is 0 Å². The zero-order valence-electron chi connectivity index (χ0n) is 9.95. The van der Waals surface area contributed by atoms with Crippen LogP contribution >= 0.6 is 83.1 Å². The highest BCUT2D eigenvalue weighted by molar-refractivity contribution is 9.12. The van der Waals surface area contributed by atoms with Crippen LogP contribution in [0.2, 0.25) is 0 Å². The minimum absolute atomic E-state index is 0.0392. The molecule has 0 aromatic rings. The van der Waals surface area contributed by atoms with Crippen LogP contribution in [0.3, 0.4) is 0 Å².